The standard InChI is InChI=1S/C15H18ClFN2O/c1-9-10(2)20-14(19-9)8-18-15(3,4)12-6-5-11(17)7-13(12)16/h5-7,18H,8H2,1-4H3. The molecule has 0 fully saturated rings. The van der Waals surface area contributed by atoms with Gasteiger partial charge in [-0.1, -0.05) is 17.7 Å². The molecule has 0 aliphatic carbocycles. The number of aryl methyl sites for hydroxylation is 2. The van der Waals surface area contributed by atoms with Gasteiger partial charge in [-0.15, -0.1) is 0 Å². The molecule has 1 aromatic heterocycles. The Morgan fingerprint density at radius 1 is 1.35 bits per heavy atom. The van der Waals surface area contributed by atoms with E-state index in [2.05, 4.69) is 10.3 Å². The van der Waals surface area contributed by atoms with Crippen molar-refractivity contribution >= 4 is 11.6 Å². The highest BCUT2D eigenvalue weighted by Gasteiger charge is 2.23. The minimum Gasteiger partial charge on any atom is -0.444 e. The van der Waals surface area contributed by atoms with Crippen LogP contribution >= 0.6 is 11.6 Å². The molecule has 0 amide bonds. The Bertz CT molecular complexity index is 603. The van der Waals surface area contributed by atoms with Crippen molar-refractivity contribution in [1.29, 1.82) is 0 Å². The van der Waals surface area contributed by atoms with Gasteiger partial charge < -0.3 is 4.42 Å². The van der Waals surface area contributed by atoms with Gasteiger partial charge in [0.15, 0.2) is 0 Å². The van der Waals surface area contributed by atoms with Gasteiger partial charge in [-0.2, -0.15) is 0 Å². The van der Waals surface area contributed by atoms with Crippen LogP contribution in [0.5, 0.6) is 0 Å². The van der Waals surface area contributed by atoms with E-state index in [1.165, 1.54) is 12.1 Å². The van der Waals surface area contributed by atoms with E-state index in [0.717, 1.165) is 17.0 Å². The largest absolute Gasteiger partial charge is 0.444 e. The monoisotopic (exact) mass is 296 g/mol. The number of aromatic nitrogens is 1. The lowest BCUT2D eigenvalue weighted by atomic mass is 9.94. The van der Waals surface area contributed by atoms with Crippen LogP contribution in [-0.4, -0.2) is 4.98 Å². The summed E-state index contributed by atoms with van der Waals surface area (Å²) in [5.41, 5.74) is 1.31. The predicted molar refractivity (Wildman–Crippen MR) is 77.3 cm³/mol. The normalized spacial score (nSPS) is 11.9. The van der Waals surface area contributed by atoms with Gasteiger partial charge in [0.2, 0.25) is 5.89 Å². The van der Waals surface area contributed by atoms with Crippen LogP contribution in [0.2, 0.25) is 5.02 Å². The van der Waals surface area contributed by atoms with E-state index in [9.17, 15) is 4.39 Å². The molecule has 20 heavy (non-hydrogen) atoms. The summed E-state index contributed by atoms with van der Waals surface area (Å²) in [4.78, 5) is 4.32. The Morgan fingerprint density at radius 3 is 2.60 bits per heavy atom. The number of halogens is 2. The SMILES string of the molecule is Cc1nc(CNC(C)(C)c2ccc(F)cc2Cl)oc1C. The molecule has 1 N–H and O–H groups in total. The Balaban J connectivity index is 2.14. The molecule has 0 aliphatic rings. The summed E-state index contributed by atoms with van der Waals surface area (Å²) in [6.45, 7) is 8.23. The van der Waals surface area contributed by atoms with Crippen molar-refractivity contribution in [3.63, 3.8) is 0 Å². The fraction of sp³-hybridized carbons (Fsp3) is 0.400. The van der Waals surface area contributed by atoms with Crippen LogP contribution in [0.3, 0.4) is 0 Å². The van der Waals surface area contributed by atoms with Gasteiger partial charge in [0.25, 0.3) is 0 Å². The predicted octanol–water partition coefficient (Wildman–Crippen LogP) is 4.11. The minimum atomic E-state index is -0.416. The topological polar surface area (TPSA) is 38.1 Å². The molecule has 0 saturated carbocycles. The highest BCUT2D eigenvalue weighted by molar-refractivity contribution is 6.31. The molecule has 1 heterocycles. The number of nitrogens with one attached hydrogen (secondary N) is 1. The lowest BCUT2D eigenvalue weighted by Gasteiger charge is -2.27. The number of nitrogens with zero attached hydrogens (tertiary/aromatic N) is 1. The zero-order chi connectivity index (χ0) is 14.9. The van der Waals surface area contributed by atoms with Crippen LogP contribution < -0.4 is 5.32 Å². The first-order valence-corrected chi connectivity index (χ1v) is 6.81. The first kappa shape index (κ1) is 15.0. The molecule has 5 heteroatoms. The summed E-state index contributed by atoms with van der Waals surface area (Å²) in [6.07, 6.45) is 0. The van der Waals surface area contributed by atoms with Crippen molar-refractivity contribution in [3.8, 4) is 0 Å². The van der Waals surface area contributed by atoms with Crippen molar-refractivity contribution in [2.24, 2.45) is 0 Å². The van der Waals surface area contributed by atoms with Crippen LogP contribution in [0.25, 0.3) is 0 Å². The van der Waals surface area contributed by atoms with Gasteiger partial charge in [-0.25, -0.2) is 9.37 Å². The van der Waals surface area contributed by atoms with E-state index in [1.807, 2.05) is 27.7 Å². The number of hydrogen-bond acceptors (Lipinski definition) is 3. The molecule has 1 aromatic carbocycles. The molecule has 0 spiro atoms. The average Bonchev–Trinajstić information content (AvgIpc) is 2.66. The molecule has 108 valence electrons. The summed E-state index contributed by atoms with van der Waals surface area (Å²) in [6, 6.07) is 4.42. The Kier molecular flexibility index (Phi) is 4.16. The van der Waals surface area contributed by atoms with Crippen LogP contribution in [0.4, 0.5) is 4.39 Å². The summed E-state index contributed by atoms with van der Waals surface area (Å²) < 4.78 is 18.6. The van der Waals surface area contributed by atoms with Gasteiger partial charge in [-0.3, -0.25) is 5.32 Å². The van der Waals surface area contributed by atoms with E-state index in [0.29, 0.717) is 17.5 Å². The molecule has 0 atom stereocenters. The van der Waals surface area contributed by atoms with Crippen LogP contribution in [-0.2, 0) is 12.1 Å². The van der Waals surface area contributed by atoms with Crippen molar-refractivity contribution in [2.75, 3.05) is 0 Å². The van der Waals surface area contributed by atoms with Crippen molar-refractivity contribution in [1.82, 2.24) is 10.3 Å². The molecule has 2 rings (SSSR count). The second-order valence-corrected chi connectivity index (χ2v) is 5.76. The Hall–Kier alpha value is -1.39. The number of hydrogen-bond donors (Lipinski definition) is 1. The molecule has 0 bridgehead atoms. The summed E-state index contributed by atoms with van der Waals surface area (Å²) in [5.74, 6) is 1.11. The number of rotatable bonds is 4. The quantitative estimate of drug-likeness (QED) is 0.923. The third-order valence-electron chi connectivity index (χ3n) is 3.36. The van der Waals surface area contributed by atoms with E-state index in [1.54, 1.807) is 6.07 Å². The van der Waals surface area contributed by atoms with Gasteiger partial charge in [0.1, 0.15) is 11.6 Å². The highest BCUT2D eigenvalue weighted by atomic mass is 35.5. The minimum absolute atomic E-state index is 0.339. The summed E-state index contributed by atoms with van der Waals surface area (Å²) >= 11 is 6.11. The molecular formula is C15H18ClFN2O. The number of oxazole rings is 1. The highest BCUT2D eigenvalue weighted by Crippen LogP contribution is 2.28. The summed E-state index contributed by atoms with van der Waals surface area (Å²) in [5, 5.41) is 3.73. The van der Waals surface area contributed by atoms with Gasteiger partial charge >= 0.3 is 0 Å². The van der Waals surface area contributed by atoms with Crippen molar-refractivity contribution in [3.05, 3.63) is 51.9 Å². The van der Waals surface area contributed by atoms with E-state index in [4.69, 9.17) is 16.0 Å². The van der Waals surface area contributed by atoms with E-state index in [-0.39, 0.29) is 5.82 Å². The molecule has 0 radical (unpaired) electrons. The maximum absolute atomic E-state index is 13.1. The van der Waals surface area contributed by atoms with Crippen molar-refractivity contribution < 1.29 is 8.81 Å². The van der Waals surface area contributed by atoms with Gasteiger partial charge in [0, 0.05) is 10.6 Å². The fourth-order valence-electron chi connectivity index (χ4n) is 2.00. The Labute approximate surface area is 123 Å². The third kappa shape index (κ3) is 3.19. The first-order chi connectivity index (χ1) is 9.29. The fourth-order valence-corrected chi connectivity index (χ4v) is 2.41. The second-order valence-electron chi connectivity index (χ2n) is 5.35. The third-order valence-corrected chi connectivity index (χ3v) is 3.67. The van der Waals surface area contributed by atoms with E-state index < -0.39 is 5.54 Å². The van der Waals surface area contributed by atoms with Crippen molar-refractivity contribution in [2.45, 2.75) is 39.8 Å². The molecule has 0 unspecified atom stereocenters. The molecule has 0 aliphatic heterocycles. The van der Waals surface area contributed by atoms with Gasteiger partial charge in [0.05, 0.1) is 12.2 Å². The summed E-state index contributed by atoms with van der Waals surface area (Å²) in [7, 11) is 0. The Morgan fingerprint density at radius 2 is 2.05 bits per heavy atom. The lowest BCUT2D eigenvalue weighted by molar-refractivity contribution is 0.360. The van der Waals surface area contributed by atoms with Crippen LogP contribution in [0, 0.1) is 19.7 Å². The average molecular weight is 297 g/mol. The second kappa shape index (κ2) is 5.54. The van der Waals surface area contributed by atoms with Crippen LogP contribution in [0.1, 0.15) is 36.8 Å². The maximum atomic E-state index is 13.1. The molecule has 0 saturated heterocycles. The smallest absolute Gasteiger partial charge is 0.208 e. The lowest BCUT2D eigenvalue weighted by Crippen LogP contribution is -2.36. The zero-order valence-electron chi connectivity index (χ0n) is 12.1. The molecular weight excluding hydrogens is 279 g/mol. The van der Waals surface area contributed by atoms with Gasteiger partial charge in [-0.05, 0) is 45.4 Å². The maximum Gasteiger partial charge on any atom is 0.208 e. The molecule has 2 aromatic rings. The first-order valence-electron chi connectivity index (χ1n) is 6.43. The number of benzene rings is 1. The van der Waals surface area contributed by atoms with Crippen LogP contribution in [0.15, 0.2) is 22.6 Å². The zero-order valence-corrected chi connectivity index (χ0v) is 12.8. The van der Waals surface area contributed by atoms with E-state index >= 15 is 0 Å². The molecule has 3 nitrogen and oxygen atoms in total.